The Balaban J connectivity index is 2.27. The van der Waals surface area contributed by atoms with Gasteiger partial charge < -0.3 is 4.74 Å². The lowest BCUT2D eigenvalue weighted by atomic mass is 10.1. The average Bonchev–Trinajstić information content (AvgIpc) is 2.59. The van der Waals surface area contributed by atoms with Crippen LogP contribution < -0.4 is 0 Å². The maximum atomic E-state index is 12.4. The van der Waals surface area contributed by atoms with Gasteiger partial charge in [0.05, 0.1) is 22.1 Å². The minimum Gasteiger partial charge on any atom is -0.457 e. The second-order valence-electron chi connectivity index (χ2n) is 5.61. The summed E-state index contributed by atoms with van der Waals surface area (Å²) in [5.74, 6) is -0.638. The number of benzene rings is 2. The predicted molar refractivity (Wildman–Crippen MR) is 92.3 cm³/mol. The summed E-state index contributed by atoms with van der Waals surface area (Å²) in [4.78, 5) is 12.4. The van der Waals surface area contributed by atoms with Crippen LogP contribution in [0.5, 0.6) is 0 Å². The summed E-state index contributed by atoms with van der Waals surface area (Å²) in [6.45, 7) is 1.64. The van der Waals surface area contributed by atoms with Gasteiger partial charge in [-0.3, -0.25) is 0 Å². The van der Waals surface area contributed by atoms with E-state index in [9.17, 15) is 13.2 Å². The van der Waals surface area contributed by atoms with E-state index >= 15 is 0 Å². The second kappa shape index (κ2) is 7.47. The molecule has 0 saturated carbocycles. The van der Waals surface area contributed by atoms with Crippen molar-refractivity contribution < 1.29 is 17.9 Å². The monoisotopic (exact) mass is 358 g/mol. The normalized spacial score (nSPS) is 11.2. The maximum absolute atomic E-state index is 12.4. The lowest BCUT2D eigenvalue weighted by Gasteiger charge is -2.13. The Morgan fingerprint density at radius 3 is 2.52 bits per heavy atom. The van der Waals surface area contributed by atoms with E-state index in [2.05, 4.69) is 0 Å². The highest BCUT2D eigenvalue weighted by atomic mass is 32.2. The van der Waals surface area contributed by atoms with Crippen LogP contribution >= 0.6 is 0 Å². The first kappa shape index (κ1) is 18.6. The first-order chi connectivity index (χ1) is 11.8. The van der Waals surface area contributed by atoms with Crippen molar-refractivity contribution >= 4 is 16.0 Å². The molecular formula is C18H18N2O4S. The molecule has 0 bridgehead atoms. The molecule has 0 aliphatic carbocycles. The summed E-state index contributed by atoms with van der Waals surface area (Å²) in [5, 5.41) is 9.06. The van der Waals surface area contributed by atoms with E-state index in [1.807, 2.05) is 6.07 Å². The van der Waals surface area contributed by atoms with Crippen LogP contribution in [0, 0.1) is 18.3 Å². The van der Waals surface area contributed by atoms with Gasteiger partial charge in [0.1, 0.15) is 6.61 Å². The van der Waals surface area contributed by atoms with Gasteiger partial charge in [-0.05, 0) is 30.7 Å². The van der Waals surface area contributed by atoms with Gasteiger partial charge in [-0.1, -0.05) is 24.3 Å². The fraction of sp³-hybridized carbons (Fsp3) is 0.222. The first-order valence-corrected chi connectivity index (χ1v) is 8.89. The fourth-order valence-corrected chi connectivity index (χ4v) is 3.10. The number of carbonyl (C=O) groups is 1. The molecule has 130 valence electrons. The fourth-order valence-electron chi connectivity index (χ4n) is 2.17. The van der Waals surface area contributed by atoms with Crippen LogP contribution in [0.2, 0.25) is 0 Å². The van der Waals surface area contributed by atoms with Crippen LogP contribution in [0.25, 0.3) is 0 Å². The minimum atomic E-state index is -3.64. The molecule has 2 aromatic carbocycles. The standard InChI is InChI=1S/C18H18N2O4S/c1-13-8-9-16(25(22,23)20(2)3)10-17(13)18(21)24-12-15-7-5-4-6-14(15)11-19/h4-10H,12H2,1-3H3. The number of rotatable bonds is 5. The number of nitrogens with zero attached hydrogens (tertiary/aromatic N) is 2. The molecule has 0 atom stereocenters. The van der Waals surface area contributed by atoms with Crippen molar-refractivity contribution in [3.8, 4) is 6.07 Å². The van der Waals surface area contributed by atoms with Gasteiger partial charge in [-0.15, -0.1) is 0 Å². The third kappa shape index (κ3) is 4.05. The van der Waals surface area contributed by atoms with E-state index in [0.717, 1.165) is 4.31 Å². The zero-order valence-electron chi connectivity index (χ0n) is 14.2. The Labute approximate surface area is 147 Å². The molecule has 0 fully saturated rings. The highest BCUT2D eigenvalue weighted by molar-refractivity contribution is 7.89. The van der Waals surface area contributed by atoms with E-state index in [-0.39, 0.29) is 17.1 Å². The molecular weight excluding hydrogens is 340 g/mol. The first-order valence-electron chi connectivity index (χ1n) is 7.45. The maximum Gasteiger partial charge on any atom is 0.338 e. The van der Waals surface area contributed by atoms with Gasteiger partial charge >= 0.3 is 5.97 Å². The molecule has 0 aromatic heterocycles. The van der Waals surface area contributed by atoms with Crippen LogP contribution in [0.4, 0.5) is 0 Å². The number of nitriles is 1. The van der Waals surface area contributed by atoms with Crippen LogP contribution in [-0.2, 0) is 21.4 Å². The topological polar surface area (TPSA) is 87.5 Å². The Morgan fingerprint density at radius 1 is 1.20 bits per heavy atom. The molecule has 2 rings (SSSR count). The molecule has 25 heavy (non-hydrogen) atoms. The number of ether oxygens (including phenoxy) is 1. The summed E-state index contributed by atoms with van der Waals surface area (Å²) >= 11 is 0. The van der Waals surface area contributed by atoms with E-state index < -0.39 is 16.0 Å². The second-order valence-corrected chi connectivity index (χ2v) is 7.76. The summed E-state index contributed by atoms with van der Waals surface area (Å²) in [5.41, 5.74) is 1.80. The van der Waals surface area contributed by atoms with Crippen molar-refractivity contribution in [2.75, 3.05) is 14.1 Å². The van der Waals surface area contributed by atoms with E-state index in [4.69, 9.17) is 10.00 Å². The highest BCUT2D eigenvalue weighted by Crippen LogP contribution is 2.19. The van der Waals surface area contributed by atoms with Gasteiger partial charge in [0.15, 0.2) is 0 Å². The average molecular weight is 358 g/mol. The molecule has 0 saturated heterocycles. The number of carbonyl (C=O) groups excluding carboxylic acids is 1. The zero-order chi connectivity index (χ0) is 18.6. The van der Waals surface area contributed by atoms with E-state index in [0.29, 0.717) is 16.7 Å². The van der Waals surface area contributed by atoms with Gasteiger partial charge in [0, 0.05) is 19.7 Å². The summed E-state index contributed by atoms with van der Waals surface area (Å²) in [6, 6.07) is 13.2. The summed E-state index contributed by atoms with van der Waals surface area (Å²) in [7, 11) is -0.800. The quantitative estimate of drug-likeness (QED) is 0.766. The number of sulfonamides is 1. The van der Waals surface area contributed by atoms with E-state index in [1.54, 1.807) is 37.3 Å². The van der Waals surface area contributed by atoms with Crippen molar-refractivity contribution in [2.24, 2.45) is 0 Å². The van der Waals surface area contributed by atoms with Gasteiger partial charge in [0.2, 0.25) is 10.0 Å². The number of esters is 1. The third-order valence-electron chi connectivity index (χ3n) is 3.70. The molecule has 0 amide bonds. The molecule has 0 heterocycles. The number of hydrogen-bond donors (Lipinski definition) is 0. The van der Waals surface area contributed by atoms with Crippen LogP contribution in [-0.4, -0.2) is 32.8 Å². The van der Waals surface area contributed by atoms with Crippen LogP contribution in [0.15, 0.2) is 47.4 Å². The molecule has 0 N–H and O–H groups in total. The number of aryl methyl sites for hydroxylation is 1. The highest BCUT2D eigenvalue weighted by Gasteiger charge is 2.21. The third-order valence-corrected chi connectivity index (χ3v) is 5.52. The van der Waals surface area contributed by atoms with Crippen molar-refractivity contribution in [1.29, 1.82) is 5.26 Å². The molecule has 6 nitrogen and oxygen atoms in total. The van der Waals surface area contributed by atoms with Gasteiger partial charge in [0.25, 0.3) is 0 Å². The Hall–Kier alpha value is -2.69. The van der Waals surface area contributed by atoms with Crippen molar-refractivity contribution in [1.82, 2.24) is 4.31 Å². The lowest BCUT2D eigenvalue weighted by Crippen LogP contribution is -2.22. The predicted octanol–water partition coefficient (Wildman–Crippen LogP) is 2.47. The number of hydrogen-bond acceptors (Lipinski definition) is 5. The lowest BCUT2D eigenvalue weighted by molar-refractivity contribution is 0.0471. The van der Waals surface area contributed by atoms with Crippen LogP contribution in [0.3, 0.4) is 0 Å². The van der Waals surface area contributed by atoms with Crippen molar-refractivity contribution in [3.05, 3.63) is 64.7 Å². The molecule has 0 radical (unpaired) electrons. The molecule has 0 spiro atoms. The molecule has 0 aliphatic heterocycles. The SMILES string of the molecule is Cc1ccc(S(=O)(=O)N(C)C)cc1C(=O)OCc1ccccc1C#N. The minimum absolute atomic E-state index is 0.0208. The summed E-state index contributed by atoms with van der Waals surface area (Å²) in [6.07, 6.45) is 0. The van der Waals surface area contributed by atoms with Gasteiger partial charge in [-0.2, -0.15) is 5.26 Å². The largest absolute Gasteiger partial charge is 0.457 e. The van der Waals surface area contributed by atoms with Crippen molar-refractivity contribution in [2.45, 2.75) is 18.4 Å². The Kier molecular flexibility index (Phi) is 5.57. The molecule has 2 aromatic rings. The summed E-state index contributed by atoms with van der Waals surface area (Å²) < 4.78 is 30.8. The van der Waals surface area contributed by atoms with E-state index in [1.165, 1.54) is 26.2 Å². The smallest absolute Gasteiger partial charge is 0.338 e. The van der Waals surface area contributed by atoms with Gasteiger partial charge in [-0.25, -0.2) is 17.5 Å². The van der Waals surface area contributed by atoms with Crippen LogP contribution in [0.1, 0.15) is 27.0 Å². The Bertz CT molecular complexity index is 944. The van der Waals surface area contributed by atoms with Crippen molar-refractivity contribution in [3.63, 3.8) is 0 Å². The molecule has 0 unspecified atom stereocenters. The zero-order valence-corrected chi connectivity index (χ0v) is 15.0. The Morgan fingerprint density at radius 2 is 1.88 bits per heavy atom. The molecule has 7 heteroatoms. The molecule has 0 aliphatic rings.